The molecule has 0 aromatic carbocycles. The summed E-state index contributed by atoms with van der Waals surface area (Å²) in [5, 5.41) is 15.7. The van der Waals surface area contributed by atoms with Gasteiger partial charge in [0.1, 0.15) is 18.0 Å². The lowest BCUT2D eigenvalue weighted by Gasteiger charge is -2.08. The van der Waals surface area contributed by atoms with Crippen molar-refractivity contribution in [3.8, 4) is 11.6 Å². The average Bonchev–Trinajstić information content (AvgIpc) is 2.95. The van der Waals surface area contributed by atoms with Crippen molar-refractivity contribution in [2.75, 3.05) is 0 Å². The van der Waals surface area contributed by atoms with Crippen LogP contribution in [-0.2, 0) is 6.61 Å². The Kier molecular flexibility index (Phi) is 4.61. The van der Waals surface area contributed by atoms with Crippen molar-refractivity contribution in [2.45, 2.75) is 20.0 Å². The molecule has 0 N–H and O–H groups in total. The number of aryl methyl sites for hydroxylation is 1. The summed E-state index contributed by atoms with van der Waals surface area (Å²) >= 11 is 5.66. The molecule has 3 rings (SSSR count). The number of hydrogen-bond donors (Lipinski definition) is 0. The van der Waals surface area contributed by atoms with E-state index in [4.69, 9.17) is 16.3 Å². The molecule has 124 valence electrons. The Morgan fingerprint density at radius 2 is 2.00 bits per heavy atom. The monoisotopic (exact) mass is 352 g/mol. The molecule has 3 heterocycles. The third kappa shape index (κ3) is 3.46. The molecule has 0 aliphatic heterocycles. The van der Waals surface area contributed by atoms with E-state index in [9.17, 15) is 8.78 Å². The van der Waals surface area contributed by atoms with Gasteiger partial charge >= 0.3 is 0 Å². The lowest BCUT2D eigenvalue weighted by Crippen LogP contribution is -2.08. The lowest BCUT2D eigenvalue weighted by atomic mass is 10.3. The molecule has 3 aromatic heterocycles. The maximum absolute atomic E-state index is 12.6. The van der Waals surface area contributed by atoms with Crippen LogP contribution in [0.3, 0.4) is 0 Å². The van der Waals surface area contributed by atoms with Crippen LogP contribution in [0.2, 0.25) is 5.15 Å². The largest absolute Gasteiger partial charge is 0.470 e. The minimum Gasteiger partial charge on any atom is -0.470 e. The highest BCUT2D eigenvalue weighted by Gasteiger charge is 2.14. The summed E-state index contributed by atoms with van der Waals surface area (Å²) in [6, 6.07) is 5.87. The molecule has 0 aliphatic carbocycles. The standard InChI is InChI=1S/C14H11ClF2N6O/c1-8-11(7-24-13-5-4-12(15)20-21-13)23(22-19-8)9-2-3-10(14(16)17)18-6-9/h2-6,14H,7H2,1H3. The minimum absolute atomic E-state index is 0.117. The molecule has 0 radical (unpaired) electrons. The van der Waals surface area contributed by atoms with Crippen LogP contribution in [0.25, 0.3) is 5.69 Å². The van der Waals surface area contributed by atoms with Gasteiger partial charge in [0.15, 0.2) is 5.15 Å². The van der Waals surface area contributed by atoms with E-state index in [1.165, 1.54) is 23.0 Å². The lowest BCUT2D eigenvalue weighted by molar-refractivity contribution is 0.146. The van der Waals surface area contributed by atoms with E-state index in [1.807, 2.05) is 0 Å². The SMILES string of the molecule is Cc1nnn(-c2ccc(C(F)F)nc2)c1COc1ccc(Cl)nn1. The predicted octanol–water partition coefficient (Wildman–Crippen LogP) is 2.93. The van der Waals surface area contributed by atoms with E-state index >= 15 is 0 Å². The fraction of sp³-hybridized carbons (Fsp3) is 0.214. The van der Waals surface area contributed by atoms with Crippen molar-refractivity contribution in [2.24, 2.45) is 0 Å². The van der Waals surface area contributed by atoms with E-state index in [1.54, 1.807) is 19.1 Å². The number of nitrogens with zero attached hydrogens (tertiary/aromatic N) is 6. The van der Waals surface area contributed by atoms with E-state index in [0.29, 0.717) is 17.1 Å². The van der Waals surface area contributed by atoms with Crippen LogP contribution < -0.4 is 4.74 Å². The second kappa shape index (κ2) is 6.83. The van der Waals surface area contributed by atoms with Crippen LogP contribution in [0.15, 0.2) is 30.5 Å². The number of alkyl halides is 2. The first-order valence-electron chi connectivity index (χ1n) is 6.82. The Morgan fingerprint density at radius 3 is 2.62 bits per heavy atom. The number of halogens is 3. The average molecular weight is 353 g/mol. The first-order valence-corrected chi connectivity index (χ1v) is 7.20. The van der Waals surface area contributed by atoms with Gasteiger partial charge in [-0.05, 0) is 25.1 Å². The summed E-state index contributed by atoms with van der Waals surface area (Å²) in [7, 11) is 0. The van der Waals surface area contributed by atoms with Crippen molar-refractivity contribution >= 4 is 11.6 Å². The smallest absolute Gasteiger partial charge is 0.280 e. The van der Waals surface area contributed by atoms with Gasteiger partial charge in [0.2, 0.25) is 5.88 Å². The van der Waals surface area contributed by atoms with E-state index in [2.05, 4.69) is 25.5 Å². The van der Waals surface area contributed by atoms with Gasteiger partial charge in [0, 0.05) is 6.07 Å². The molecule has 0 spiro atoms. The van der Waals surface area contributed by atoms with E-state index < -0.39 is 6.43 Å². The van der Waals surface area contributed by atoms with E-state index in [0.717, 1.165) is 0 Å². The molecule has 0 unspecified atom stereocenters. The van der Waals surface area contributed by atoms with Crippen LogP contribution in [0.1, 0.15) is 23.5 Å². The van der Waals surface area contributed by atoms with Gasteiger partial charge in [-0.1, -0.05) is 16.8 Å². The zero-order chi connectivity index (χ0) is 17.1. The van der Waals surface area contributed by atoms with Crippen molar-refractivity contribution in [3.63, 3.8) is 0 Å². The molecule has 0 fully saturated rings. The Hall–Kier alpha value is -2.68. The summed E-state index contributed by atoms with van der Waals surface area (Å²) in [6.07, 6.45) is -1.32. The Bertz CT molecular complexity index is 822. The molecule has 0 saturated heterocycles. The summed E-state index contributed by atoms with van der Waals surface area (Å²) in [5.41, 5.74) is 1.47. The molecule has 3 aromatic rings. The van der Waals surface area contributed by atoms with Gasteiger partial charge in [-0.2, -0.15) is 0 Å². The van der Waals surface area contributed by atoms with Crippen LogP contribution in [0, 0.1) is 6.92 Å². The first kappa shape index (κ1) is 16.2. The number of aromatic nitrogens is 6. The van der Waals surface area contributed by atoms with Crippen molar-refractivity contribution < 1.29 is 13.5 Å². The second-order valence-electron chi connectivity index (χ2n) is 4.76. The summed E-state index contributed by atoms with van der Waals surface area (Å²) in [4.78, 5) is 3.72. The Labute approximate surface area is 140 Å². The Balaban J connectivity index is 1.81. The van der Waals surface area contributed by atoms with Crippen molar-refractivity contribution in [3.05, 3.63) is 52.7 Å². The summed E-state index contributed by atoms with van der Waals surface area (Å²) in [5.74, 6) is 0.290. The molecule has 0 amide bonds. The normalized spacial score (nSPS) is 11.0. The van der Waals surface area contributed by atoms with Crippen LogP contribution >= 0.6 is 11.6 Å². The quantitative estimate of drug-likeness (QED) is 0.702. The predicted molar refractivity (Wildman–Crippen MR) is 80.2 cm³/mol. The highest BCUT2D eigenvalue weighted by atomic mass is 35.5. The maximum atomic E-state index is 12.6. The van der Waals surface area contributed by atoms with E-state index in [-0.39, 0.29) is 23.3 Å². The topological polar surface area (TPSA) is 78.6 Å². The first-order chi connectivity index (χ1) is 11.5. The molecule has 0 atom stereocenters. The Morgan fingerprint density at radius 1 is 1.17 bits per heavy atom. The van der Waals surface area contributed by atoms with Gasteiger partial charge in [-0.15, -0.1) is 15.3 Å². The number of ether oxygens (including phenoxy) is 1. The molecule has 10 heteroatoms. The third-order valence-electron chi connectivity index (χ3n) is 3.16. The fourth-order valence-electron chi connectivity index (χ4n) is 1.92. The highest BCUT2D eigenvalue weighted by molar-refractivity contribution is 6.29. The maximum Gasteiger partial charge on any atom is 0.280 e. The minimum atomic E-state index is -2.62. The van der Waals surface area contributed by atoms with Crippen LogP contribution in [-0.4, -0.2) is 30.2 Å². The molecule has 7 nitrogen and oxygen atoms in total. The van der Waals surface area contributed by atoms with Crippen molar-refractivity contribution in [1.29, 1.82) is 0 Å². The van der Waals surface area contributed by atoms with Gasteiger partial charge in [0.05, 0.1) is 17.6 Å². The van der Waals surface area contributed by atoms with Gasteiger partial charge in [0.25, 0.3) is 6.43 Å². The summed E-state index contributed by atoms with van der Waals surface area (Å²) < 4.78 is 32.2. The molecule has 24 heavy (non-hydrogen) atoms. The molecular formula is C14H11ClF2N6O. The third-order valence-corrected chi connectivity index (χ3v) is 3.36. The van der Waals surface area contributed by atoms with Gasteiger partial charge in [-0.3, -0.25) is 4.98 Å². The zero-order valence-electron chi connectivity index (χ0n) is 12.4. The van der Waals surface area contributed by atoms with Gasteiger partial charge in [-0.25, -0.2) is 13.5 Å². The number of rotatable bonds is 5. The summed E-state index contributed by atoms with van der Waals surface area (Å²) in [6.45, 7) is 1.88. The zero-order valence-corrected chi connectivity index (χ0v) is 13.2. The van der Waals surface area contributed by atoms with Crippen LogP contribution in [0.4, 0.5) is 8.78 Å². The second-order valence-corrected chi connectivity index (χ2v) is 5.15. The molecule has 0 saturated carbocycles. The number of hydrogen-bond acceptors (Lipinski definition) is 6. The fourth-order valence-corrected chi connectivity index (χ4v) is 2.03. The van der Waals surface area contributed by atoms with Crippen molar-refractivity contribution in [1.82, 2.24) is 30.2 Å². The molecule has 0 aliphatic rings. The van der Waals surface area contributed by atoms with Crippen LogP contribution in [0.5, 0.6) is 5.88 Å². The van der Waals surface area contributed by atoms with Gasteiger partial charge < -0.3 is 4.74 Å². The number of pyridine rings is 1. The molecular weight excluding hydrogens is 342 g/mol. The highest BCUT2D eigenvalue weighted by Crippen LogP contribution is 2.19. The molecule has 0 bridgehead atoms.